The number of H-pyrrole nitrogens is 1. The molecule has 0 bridgehead atoms. The van der Waals surface area contributed by atoms with Gasteiger partial charge in [0.2, 0.25) is 11.8 Å². The number of likely N-dealkylation sites (N-methyl/N-ethyl adjacent to an activating group) is 1. The Hall–Kier alpha value is -2.50. The van der Waals surface area contributed by atoms with Crippen molar-refractivity contribution in [2.45, 2.75) is 25.4 Å². The van der Waals surface area contributed by atoms with Gasteiger partial charge in [-0.05, 0) is 36.2 Å². The van der Waals surface area contributed by atoms with E-state index in [1.807, 2.05) is 31.2 Å². The van der Waals surface area contributed by atoms with Crippen molar-refractivity contribution in [3.8, 4) is 0 Å². The Bertz CT molecular complexity index is 1160. The van der Waals surface area contributed by atoms with Crippen LogP contribution in [0.25, 0.3) is 10.9 Å². The first-order valence-electron chi connectivity index (χ1n) is 9.64. The topological polar surface area (TPSA) is 56.4 Å². The van der Waals surface area contributed by atoms with Crippen LogP contribution in [0.15, 0.2) is 42.5 Å². The number of amides is 2. The molecule has 0 unspecified atom stereocenters. The summed E-state index contributed by atoms with van der Waals surface area (Å²) in [7, 11) is 0. The Morgan fingerprint density at radius 1 is 1.10 bits per heavy atom. The van der Waals surface area contributed by atoms with E-state index in [9.17, 15) is 9.59 Å². The van der Waals surface area contributed by atoms with Gasteiger partial charge in [0.15, 0.2) is 0 Å². The molecule has 148 valence electrons. The number of halogens is 2. The molecule has 1 fully saturated rings. The van der Waals surface area contributed by atoms with Crippen molar-refractivity contribution in [3.63, 3.8) is 0 Å². The molecule has 0 saturated carbocycles. The number of hydrogen-bond donors (Lipinski definition) is 1. The number of benzene rings is 2. The molecule has 7 heteroatoms. The zero-order chi connectivity index (χ0) is 20.3. The number of nitrogens with zero attached hydrogens (tertiary/aromatic N) is 2. The number of aromatic amines is 1. The average molecular weight is 428 g/mol. The maximum absolute atomic E-state index is 13.2. The molecule has 5 rings (SSSR count). The van der Waals surface area contributed by atoms with Gasteiger partial charge in [0, 0.05) is 29.6 Å². The van der Waals surface area contributed by atoms with Crippen molar-refractivity contribution in [1.82, 2.24) is 14.8 Å². The van der Waals surface area contributed by atoms with E-state index in [0.717, 1.165) is 27.7 Å². The van der Waals surface area contributed by atoms with Gasteiger partial charge in [-0.25, -0.2) is 0 Å². The summed E-state index contributed by atoms with van der Waals surface area (Å²) in [4.78, 5) is 33.2. The van der Waals surface area contributed by atoms with Crippen molar-refractivity contribution in [3.05, 3.63) is 69.3 Å². The van der Waals surface area contributed by atoms with Crippen molar-refractivity contribution >= 4 is 45.9 Å². The molecular weight excluding hydrogens is 409 g/mol. The second kappa shape index (κ2) is 6.78. The fraction of sp³-hybridized carbons (Fsp3) is 0.273. The van der Waals surface area contributed by atoms with Crippen LogP contribution in [-0.2, 0) is 16.0 Å². The van der Waals surface area contributed by atoms with Crippen LogP contribution < -0.4 is 0 Å². The van der Waals surface area contributed by atoms with E-state index in [1.54, 1.807) is 21.9 Å². The monoisotopic (exact) mass is 427 g/mol. The molecule has 0 spiro atoms. The summed E-state index contributed by atoms with van der Waals surface area (Å²) < 4.78 is 0. The van der Waals surface area contributed by atoms with E-state index in [4.69, 9.17) is 23.2 Å². The number of rotatable bonds is 2. The molecule has 0 aliphatic carbocycles. The highest BCUT2D eigenvalue weighted by Gasteiger charge is 2.47. The Labute approximate surface area is 178 Å². The molecule has 3 heterocycles. The number of fused-ring (bicyclic) bond motifs is 4. The molecule has 1 saturated heterocycles. The highest BCUT2D eigenvalue weighted by molar-refractivity contribution is 6.42. The summed E-state index contributed by atoms with van der Waals surface area (Å²) in [6.07, 6.45) is 0.498. The van der Waals surface area contributed by atoms with Crippen LogP contribution in [0.3, 0.4) is 0 Å². The molecule has 5 nitrogen and oxygen atoms in total. The van der Waals surface area contributed by atoms with Gasteiger partial charge in [-0.15, -0.1) is 0 Å². The van der Waals surface area contributed by atoms with Crippen LogP contribution in [-0.4, -0.2) is 45.7 Å². The largest absolute Gasteiger partial charge is 0.356 e. The van der Waals surface area contributed by atoms with Gasteiger partial charge in [-0.2, -0.15) is 0 Å². The molecule has 2 atom stereocenters. The van der Waals surface area contributed by atoms with E-state index in [0.29, 0.717) is 23.0 Å². The smallest absolute Gasteiger partial charge is 0.246 e. The number of para-hydroxylation sites is 1. The molecule has 1 N–H and O–H groups in total. The predicted molar refractivity (Wildman–Crippen MR) is 113 cm³/mol. The molecule has 2 amide bonds. The van der Waals surface area contributed by atoms with Crippen LogP contribution in [0.2, 0.25) is 10.0 Å². The maximum atomic E-state index is 13.2. The Kier molecular flexibility index (Phi) is 4.33. The minimum atomic E-state index is -0.526. The maximum Gasteiger partial charge on any atom is 0.246 e. The summed E-state index contributed by atoms with van der Waals surface area (Å²) in [6.45, 7) is 2.52. The molecule has 2 aliphatic rings. The SMILES string of the molecule is CCN1CC(=O)N2[C@@H](c3ccc(Cl)c(Cl)c3)c3[nH]c4ccccc4c3C[C@@H]2C1=O. The molecule has 2 aromatic carbocycles. The third-order valence-electron chi connectivity index (χ3n) is 5.98. The number of aromatic nitrogens is 1. The lowest BCUT2D eigenvalue weighted by molar-refractivity contribution is -0.158. The summed E-state index contributed by atoms with van der Waals surface area (Å²) in [6, 6.07) is 12.5. The first-order valence-corrected chi connectivity index (χ1v) is 10.4. The van der Waals surface area contributed by atoms with Crippen molar-refractivity contribution in [2.24, 2.45) is 0 Å². The van der Waals surface area contributed by atoms with Gasteiger partial charge >= 0.3 is 0 Å². The van der Waals surface area contributed by atoms with Gasteiger partial charge < -0.3 is 14.8 Å². The fourth-order valence-corrected chi connectivity index (χ4v) is 4.93. The number of nitrogens with one attached hydrogen (secondary N) is 1. The lowest BCUT2D eigenvalue weighted by Gasteiger charge is -2.47. The Morgan fingerprint density at radius 3 is 2.66 bits per heavy atom. The number of carbonyl (C=O) groups is 2. The summed E-state index contributed by atoms with van der Waals surface area (Å²) in [5, 5.41) is 1.97. The molecule has 1 aromatic heterocycles. The van der Waals surface area contributed by atoms with E-state index < -0.39 is 12.1 Å². The molecule has 2 aliphatic heterocycles. The van der Waals surface area contributed by atoms with Gasteiger partial charge in [-0.3, -0.25) is 9.59 Å². The number of piperazine rings is 1. The number of carbonyl (C=O) groups excluding carboxylic acids is 2. The van der Waals surface area contributed by atoms with Gasteiger partial charge in [0.25, 0.3) is 0 Å². The van der Waals surface area contributed by atoms with Gasteiger partial charge in [0.05, 0.1) is 22.6 Å². The molecule has 3 aromatic rings. The lowest BCUT2D eigenvalue weighted by atomic mass is 9.86. The van der Waals surface area contributed by atoms with Crippen molar-refractivity contribution in [2.75, 3.05) is 13.1 Å². The Morgan fingerprint density at radius 2 is 1.90 bits per heavy atom. The minimum absolute atomic E-state index is 0.00640. The van der Waals surface area contributed by atoms with E-state index in [1.165, 1.54) is 0 Å². The minimum Gasteiger partial charge on any atom is -0.356 e. The van der Waals surface area contributed by atoms with E-state index >= 15 is 0 Å². The fourth-order valence-electron chi connectivity index (χ4n) is 4.62. The van der Waals surface area contributed by atoms with Crippen LogP contribution in [0.5, 0.6) is 0 Å². The quantitative estimate of drug-likeness (QED) is 0.666. The average Bonchev–Trinajstić information content (AvgIpc) is 3.09. The zero-order valence-corrected chi connectivity index (χ0v) is 17.3. The summed E-state index contributed by atoms with van der Waals surface area (Å²) >= 11 is 12.4. The number of hydrogen-bond acceptors (Lipinski definition) is 2. The highest BCUT2D eigenvalue weighted by atomic mass is 35.5. The third-order valence-corrected chi connectivity index (χ3v) is 6.72. The second-order valence-electron chi connectivity index (χ2n) is 7.51. The highest BCUT2D eigenvalue weighted by Crippen LogP contribution is 2.43. The molecule has 29 heavy (non-hydrogen) atoms. The summed E-state index contributed by atoms with van der Waals surface area (Å²) in [5.74, 6) is -0.0649. The zero-order valence-electron chi connectivity index (χ0n) is 15.8. The lowest BCUT2D eigenvalue weighted by Crippen LogP contribution is -2.62. The molecule has 0 radical (unpaired) electrons. The van der Waals surface area contributed by atoms with E-state index in [2.05, 4.69) is 11.1 Å². The van der Waals surface area contributed by atoms with Crippen molar-refractivity contribution < 1.29 is 9.59 Å². The Balaban J connectivity index is 1.75. The standard InChI is InChI=1S/C22H19Cl2N3O2/c1-2-26-11-19(28)27-18(22(26)29)10-14-13-5-3-4-6-17(13)25-20(14)21(27)12-7-8-15(23)16(24)9-12/h3-9,18,21,25H,2,10-11H2,1H3/t18-,21+/m1/s1. The van der Waals surface area contributed by atoms with Crippen LogP contribution in [0, 0.1) is 0 Å². The van der Waals surface area contributed by atoms with Crippen LogP contribution in [0.4, 0.5) is 0 Å². The van der Waals surface area contributed by atoms with Gasteiger partial charge in [-0.1, -0.05) is 47.5 Å². The van der Waals surface area contributed by atoms with Crippen LogP contribution >= 0.6 is 23.2 Å². The first-order chi connectivity index (χ1) is 14.0. The van der Waals surface area contributed by atoms with E-state index in [-0.39, 0.29) is 18.4 Å². The summed E-state index contributed by atoms with van der Waals surface area (Å²) in [5.41, 5.74) is 3.85. The van der Waals surface area contributed by atoms with Crippen LogP contribution in [0.1, 0.15) is 29.8 Å². The predicted octanol–water partition coefficient (Wildman–Crippen LogP) is 4.18. The second-order valence-corrected chi connectivity index (χ2v) is 8.33. The normalized spacial score (nSPS) is 21.5. The van der Waals surface area contributed by atoms with Crippen molar-refractivity contribution in [1.29, 1.82) is 0 Å². The van der Waals surface area contributed by atoms with Gasteiger partial charge in [0.1, 0.15) is 6.04 Å². The third kappa shape index (κ3) is 2.75. The first kappa shape index (κ1) is 18.5. The molecular formula is C22H19Cl2N3O2.